The van der Waals surface area contributed by atoms with E-state index in [0.717, 1.165) is 17.5 Å². The second-order valence-corrected chi connectivity index (χ2v) is 8.23. The zero-order valence-corrected chi connectivity index (χ0v) is 19.7. The van der Waals surface area contributed by atoms with Crippen LogP contribution in [-0.2, 0) is 7.05 Å². The van der Waals surface area contributed by atoms with E-state index < -0.39 is 10.8 Å². The number of hydrogen-bond donors (Lipinski definition) is 1. The molecule has 4 rings (SSSR count). The van der Waals surface area contributed by atoms with Crippen molar-refractivity contribution in [2.75, 3.05) is 11.9 Å². The van der Waals surface area contributed by atoms with Crippen LogP contribution in [0, 0.1) is 10.1 Å². The van der Waals surface area contributed by atoms with Gasteiger partial charge in [0.2, 0.25) is 0 Å². The molecule has 1 N–H and O–H groups in total. The average Bonchev–Trinajstić information content (AvgIpc) is 3.26. The SMILES string of the molecule is CCOc1ccc(Oc2ccccc2NC(=O)c2ccc(Sc3nncn3C)c([N+](=O)[O-])c2)cc1. The second kappa shape index (κ2) is 10.7. The summed E-state index contributed by atoms with van der Waals surface area (Å²) in [4.78, 5) is 24.5. The summed E-state index contributed by atoms with van der Waals surface area (Å²) >= 11 is 1.09. The number of carbonyl (C=O) groups is 1. The Balaban J connectivity index is 1.53. The van der Waals surface area contributed by atoms with Crippen molar-refractivity contribution in [3.63, 3.8) is 0 Å². The predicted octanol–water partition coefficient (Wildman–Crippen LogP) is 5.32. The number of nitrogens with one attached hydrogen (secondary N) is 1. The minimum absolute atomic E-state index is 0.134. The fraction of sp³-hybridized carbons (Fsp3) is 0.125. The van der Waals surface area contributed by atoms with Gasteiger partial charge in [-0.2, -0.15) is 0 Å². The van der Waals surface area contributed by atoms with E-state index in [0.29, 0.717) is 33.8 Å². The number of nitro groups is 1. The van der Waals surface area contributed by atoms with Gasteiger partial charge >= 0.3 is 0 Å². The molecule has 0 fully saturated rings. The molecule has 0 atom stereocenters. The minimum atomic E-state index is -0.529. The highest BCUT2D eigenvalue weighted by Crippen LogP contribution is 2.35. The highest BCUT2D eigenvalue weighted by molar-refractivity contribution is 7.99. The first-order valence-electron chi connectivity index (χ1n) is 10.6. The number of hydrogen-bond acceptors (Lipinski definition) is 8. The fourth-order valence-corrected chi connectivity index (χ4v) is 3.95. The van der Waals surface area contributed by atoms with Gasteiger partial charge in [0, 0.05) is 18.7 Å². The summed E-state index contributed by atoms with van der Waals surface area (Å²) in [6, 6.07) is 18.3. The Hall–Kier alpha value is -4.38. The number of anilines is 1. The summed E-state index contributed by atoms with van der Waals surface area (Å²) < 4.78 is 13.0. The molecule has 35 heavy (non-hydrogen) atoms. The van der Waals surface area contributed by atoms with E-state index in [1.807, 2.05) is 6.92 Å². The number of ether oxygens (including phenoxy) is 2. The van der Waals surface area contributed by atoms with Gasteiger partial charge in [-0.25, -0.2) is 0 Å². The van der Waals surface area contributed by atoms with Crippen molar-refractivity contribution in [1.82, 2.24) is 14.8 Å². The monoisotopic (exact) mass is 491 g/mol. The van der Waals surface area contributed by atoms with Crippen LogP contribution < -0.4 is 14.8 Å². The normalized spacial score (nSPS) is 10.6. The van der Waals surface area contributed by atoms with Gasteiger partial charge in [0.15, 0.2) is 10.9 Å². The van der Waals surface area contributed by atoms with Gasteiger partial charge in [-0.15, -0.1) is 10.2 Å². The van der Waals surface area contributed by atoms with Crippen LogP contribution in [0.25, 0.3) is 0 Å². The third-order valence-corrected chi connectivity index (χ3v) is 5.90. The molecule has 0 unspecified atom stereocenters. The number of para-hydroxylation sites is 2. The number of nitrogens with zero attached hydrogens (tertiary/aromatic N) is 4. The molecule has 11 heteroatoms. The van der Waals surface area contributed by atoms with Crippen molar-refractivity contribution in [1.29, 1.82) is 0 Å². The molecule has 0 aliphatic heterocycles. The van der Waals surface area contributed by atoms with Crippen molar-refractivity contribution in [2.24, 2.45) is 7.05 Å². The number of aromatic nitrogens is 3. The maximum absolute atomic E-state index is 13.0. The lowest BCUT2D eigenvalue weighted by Crippen LogP contribution is -2.13. The maximum atomic E-state index is 13.0. The molecule has 1 aromatic heterocycles. The zero-order valence-electron chi connectivity index (χ0n) is 18.9. The molecular formula is C24H21N5O5S. The molecule has 178 valence electrons. The van der Waals surface area contributed by atoms with Crippen molar-refractivity contribution in [3.05, 3.63) is 88.7 Å². The van der Waals surface area contributed by atoms with Crippen molar-refractivity contribution in [3.8, 4) is 17.2 Å². The first-order chi connectivity index (χ1) is 16.9. The Bertz CT molecular complexity index is 1360. The van der Waals surface area contributed by atoms with Gasteiger partial charge in [-0.05, 0) is 67.2 Å². The van der Waals surface area contributed by atoms with Gasteiger partial charge in [-0.1, -0.05) is 12.1 Å². The van der Waals surface area contributed by atoms with E-state index in [1.54, 1.807) is 60.1 Å². The van der Waals surface area contributed by atoms with Gasteiger partial charge in [-0.3, -0.25) is 14.9 Å². The van der Waals surface area contributed by atoms with Crippen molar-refractivity contribution >= 4 is 29.0 Å². The quantitative estimate of drug-likeness (QED) is 0.247. The number of amides is 1. The molecule has 1 amide bonds. The Kier molecular flexibility index (Phi) is 7.27. The lowest BCUT2D eigenvalue weighted by molar-refractivity contribution is -0.387. The molecule has 0 aliphatic carbocycles. The Labute approximate surface area is 205 Å². The Morgan fingerprint density at radius 1 is 1.11 bits per heavy atom. The summed E-state index contributed by atoms with van der Waals surface area (Å²) in [6.07, 6.45) is 1.50. The summed E-state index contributed by atoms with van der Waals surface area (Å²) in [5.41, 5.74) is 0.353. The molecule has 1 heterocycles. The van der Waals surface area contributed by atoms with Crippen LogP contribution in [0.5, 0.6) is 17.2 Å². The van der Waals surface area contributed by atoms with Crippen molar-refractivity contribution < 1.29 is 19.2 Å². The van der Waals surface area contributed by atoms with Crippen LogP contribution in [0.3, 0.4) is 0 Å². The van der Waals surface area contributed by atoms with Gasteiger partial charge in [0.1, 0.15) is 17.8 Å². The van der Waals surface area contributed by atoms with Crippen LogP contribution in [0.2, 0.25) is 0 Å². The molecule has 0 saturated heterocycles. The molecule has 0 saturated carbocycles. The van der Waals surface area contributed by atoms with Crippen LogP contribution in [0.15, 0.2) is 83.1 Å². The van der Waals surface area contributed by atoms with E-state index in [-0.39, 0.29) is 11.3 Å². The molecule has 0 aliphatic rings. The molecule has 4 aromatic rings. The third kappa shape index (κ3) is 5.76. The fourth-order valence-electron chi connectivity index (χ4n) is 3.10. The summed E-state index contributed by atoms with van der Waals surface area (Å²) in [5.74, 6) is 1.21. The smallest absolute Gasteiger partial charge is 0.284 e. The lowest BCUT2D eigenvalue weighted by atomic mass is 10.2. The van der Waals surface area contributed by atoms with Crippen LogP contribution in [0.1, 0.15) is 17.3 Å². The van der Waals surface area contributed by atoms with E-state index >= 15 is 0 Å². The highest BCUT2D eigenvalue weighted by Gasteiger charge is 2.20. The lowest BCUT2D eigenvalue weighted by Gasteiger charge is -2.13. The van der Waals surface area contributed by atoms with Crippen molar-refractivity contribution in [2.45, 2.75) is 17.0 Å². The van der Waals surface area contributed by atoms with Gasteiger partial charge in [0.25, 0.3) is 11.6 Å². The van der Waals surface area contributed by atoms with Gasteiger partial charge in [0.05, 0.1) is 22.1 Å². The first kappa shape index (κ1) is 23.8. The zero-order chi connectivity index (χ0) is 24.8. The second-order valence-electron chi connectivity index (χ2n) is 7.22. The van der Waals surface area contributed by atoms with E-state index in [4.69, 9.17) is 9.47 Å². The number of nitro benzene ring substituents is 1. The number of rotatable bonds is 9. The molecule has 0 radical (unpaired) electrons. The van der Waals surface area contributed by atoms with Crippen LogP contribution >= 0.6 is 11.8 Å². The van der Waals surface area contributed by atoms with E-state index in [1.165, 1.54) is 24.5 Å². The Morgan fingerprint density at radius 2 is 1.86 bits per heavy atom. The molecule has 0 spiro atoms. The van der Waals surface area contributed by atoms with E-state index in [9.17, 15) is 14.9 Å². The minimum Gasteiger partial charge on any atom is -0.494 e. The molecule has 3 aromatic carbocycles. The largest absolute Gasteiger partial charge is 0.494 e. The Morgan fingerprint density at radius 3 is 2.54 bits per heavy atom. The van der Waals surface area contributed by atoms with Crippen LogP contribution in [0.4, 0.5) is 11.4 Å². The summed E-state index contributed by atoms with van der Waals surface area (Å²) in [6.45, 7) is 2.47. The predicted molar refractivity (Wildman–Crippen MR) is 130 cm³/mol. The number of aryl methyl sites for hydroxylation is 1. The molecular weight excluding hydrogens is 470 g/mol. The van der Waals surface area contributed by atoms with Crippen LogP contribution in [-0.4, -0.2) is 32.2 Å². The molecule has 10 nitrogen and oxygen atoms in total. The first-order valence-corrected chi connectivity index (χ1v) is 11.4. The topological polar surface area (TPSA) is 121 Å². The standard InChI is InChI=1S/C24H21N5O5S/c1-3-33-17-9-11-18(12-10-17)34-21-7-5-4-6-19(21)26-23(30)16-8-13-22(20(14-16)29(31)32)35-24-27-25-15-28(24)2/h4-15H,3H2,1-2H3,(H,26,30). The van der Waals surface area contributed by atoms with E-state index in [2.05, 4.69) is 15.5 Å². The number of carbonyl (C=O) groups excluding carboxylic acids is 1. The maximum Gasteiger partial charge on any atom is 0.284 e. The average molecular weight is 492 g/mol. The third-order valence-electron chi connectivity index (χ3n) is 4.79. The van der Waals surface area contributed by atoms with Gasteiger partial charge < -0.3 is 19.4 Å². The number of benzene rings is 3. The summed E-state index contributed by atoms with van der Waals surface area (Å²) in [5, 5.41) is 22.7. The molecule has 0 bridgehead atoms. The summed E-state index contributed by atoms with van der Waals surface area (Å²) in [7, 11) is 1.74. The highest BCUT2D eigenvalue weighted by atomic mass is 32.2.